The van der Waals surface area contributed by atoms with Gasteiger partial charge in [-0.25, -0.2) is 4.79 Å². The summed E-state index contributed by atoms with van der Waals surface area (Å²) in [5.74, 6) is 0.0726. The molecule has 2 aromatic rings. The van der Waals surface area contributed by atoms with Gasteiger partial charge in [-0.3, -0.25) is 4.79 Å². The van der Waals surface area contributed by atoms with Gasteiger partial charge in [0.05, 0.1) is 0 Å². The topological polar surface area (TPSA) is 63.6 Å². The lowest BCUT2D eigenvalue weighted by Gasteiger charge is -2.36. The van der Waals surface area contributed by atoms with Crippen molar-refractivity contribution in [3.63, 3.8) is 0 Å². The summed E-state index contributed by atoms with van der Waals surface area (Å²) in [4.78, 5) is 22.9. The van der Waals surface area contributed by atoms with E-state index in [-0.39, 0.29) is 23.7 Å². The molecule has 1 aliphatic carbocycles. The van der Waals surface area contributed by atoms with Crippen LogP contribution in [0.15, 0.2) is 78.4 Å². The van der Waals surface area contributed by atoms with Gasteiger partial charge in [-0.15, -0.1) is 0 Å². The summed E-state index contributed by atoms with van der Waals surface area (Å²) >= 11 is 0. The van der Waals surface area contributed by atoms with E-state index in [1.807, 2.05) is 37.3 Å². The summed E-state index contributed by atoms with van der Waals surface area (Å²) in [6.45, 7) is 8.85. The number of benzene rings is 2. The van der Waals surface area contributed by atoms with Gasteiger partial charge < -0.3 is 9.84 Å². The van der Waals surface area contributed by atoms with E-state index >= 15 is 0 Å². The number of hydrogen-bond acceptors (Lipinski definition) is 4. The molecule has 1 atom stereocenters. The van der Waals surface area contributed by atoms with E-state index in [0.717, 1.165) is 5.56 Å². The molecule has 0 saturated carbocycles. The predicted molar refractivity (Wildman–Crippen MR) is 128 cm³/mol. The zero-order valence-electron chi connectivity index (χ0n) is 19.5. The first kappa shape index (κ1) is 25.1. The standard InChI is InChI=1S/C14H12O3.C14H22O/c15-13-9-5-4-8-12(13)14(16)17-10-11-6-2-1-3-7-11;1-5-12(15)8-9-13-11(2)7-6-10-14(13,3)4/h1-9,15H,10H2;7-9,13H,5-6,10H2,1-4H3/b;9-8+. The maximum atomic E-state index is 11.7. The zero-order chi connectivity index (χ0) is 23.6. The van der Waals surface area contributed by atoms with Gasteiger partial charge in [0.1, 0.15) is 17.9 Å². The average molecular weight is 435 g/mol. The highest BCUT2D eigenvalue weighted by Gasteiger charge is 2.30. The number of esters is 1. The van der Waals surface area contributed by atoms with Gasteiger partial charge in [0.15, 0.2) is 5.78 Å². The normalized spacial score (nSPS) is 17.1. The van der Waals surface area contributed by atoms with Crippen LogP contribution < -0.4 is 0 Å². The molecule has 0 amide bonds. The molecule has 4 nitrogen and oxygen atoms in total. The number of hydrogen-bond donors (Lipinski definition) is 1. The van der Waals surface area contributed by atoms with Crippen molar-refractivity contribution in [2.45, 2.75) is 53.6 Å². The van der Waals surface area contributed by atoms with E-state index in [0.29, 0.717) is 17.8 Å². The van der Waals surface area contributed by atoms with Gasteiger partial charge in [0, 0.05) is 12.3 Å². The molecule has 0 heterocycles. The zero-order valence-corrected chi connectivity index (χ0v) is 19.5. The third-order valence-electron chi connectivity index (χ3n) is 5.75. The Morgan fingerprint density at radius 2 is 1.75 bits per heavy atom. The third-order valence-corrected chi connectivity index (χ3v) is 5.75. The van der Waals surface area contributed by atoms with Gasteiger partial charge in [-0.1, -0.05) is 81.0 Å². The van der Waals surface area contributed by atoms with Crippen LogP contribution in [0, 0.1) is 11.3 Å². The molecule has 0 spiro atoms. The number of carbonyl (C=O) groups excluding carboxylic acids is 2. The van der Waals surface area contributed by atoms with Crippen molar-refractivity contribution in [3.05, 3.63) is 89.5 Å². The second-order valence-corrected chi connectivity index (χ2v) is 8.71. The van der Waals surface area contributed by atoms with E-state index in [9.17, 15) is 14.7 Å². The molecule has 1 N–H and O–H groups in total. The van der Waals surface area contributed by atoms with E-state index in [2.05, 4.69) is 32.9 Å². The predicted octanol–water partition coefficient (Wildman–Crippen LogP) is 6.65. The Bertz CT molecular complexity index is 954. The van der Waals surface area contributed by atoms with Crippen LogP contribution >= 0.6 is 0 Å². The minimum Gasteiger partial charge on any atom is -0.507 e. The number of phenols is 1. The lowest BCUT2D eigenvalue weighted by molar-refractivity contribution is -0.114. The fraction of sp³-hybridized carbons (Fsp3) is 0.357. The molecule has 32 heavy (non-hydrogen) atoms. The van der Waals surface area contributed by atoms with Crippen molar-refractivity contribution in [1.29, 1.82) is 0 Å². The van der Waals surface area contributed by atoms with Crippen LogP contribution in [-0.4, -0.2) is 16.9 Å². The van der Waals surface area contributed by atoms with Crippen LogP contribution in [-0.2, 0) is 16.1 Å². The van der Waals surface area contributed by atoms with Crippen molar-refractivity contribution < 1.29 is 19.4 Å². The SMILES string of the molecule is CCC(=O)/C=C/C1C(C)=CCCC1(C)C.O=C(OCc1ccccc1)c1ccccc1O. The first-order chi connectivity index (χ1) is 15.2. The van der Waals surface area contributed by atoms with Crippen LogP contribution in [0.1, 0.15) is 62.9 Å². The molecule has 1 aliphatic rings. The van der Waals surface area contributed by atoms with Crippen molar-refractivity contribution in [1.82, 2.24) is 0 Å². The van der Waals surface area contributed by atoms with Crippen molar-refractivity contribution in [3.8, 4) is 5.75 Å². The number of rotatable bonds is 6. The average Bonchev–Trinajstić information content (AvgIpc) is 2.78. The summed E-state index contributed by atoms with van der Waals surface area (Å²) in [7, 11) is 0. The Hall–Kier alpha value is -3.14. The number of ether oxygens (including phenoxy) is 1. The smallest absolute Gasteiger partial charge is 0.342 e. The molecular weight excluding hydrogens is 400 g/mol. The summed E-state index contributed by atoms with van der Waals surface area (Å²) < 4.78 is 5.10. The molecule has 1 unspecified atom stereocenters. The summed E-state index contributed by atoms with van der Waals surface area (Å²) in [5, 5.41) is 9.48. The van der Waals surface area contributed by atoms with E-state index in [4.69, 9.17) is 4.74 Å². The van der Waals surface area contributed by atoms with Crippen LogP contribution in [0.2, 0.25) is 0 Å². The molecule has 4 heteroatoms. The summed E-state index contributed by atoms with van der Waals surface area (Å²) in [6.07, 6.45) is 9.14. The molecular formula is C28H34O4. The van der Waals surface area contributed by atoms with Crippen LogP contribution in [0.5, 0.6) is 5.75 Å². The molecule has 3 rings (SSSR count). The van der Waals surface area contributed by atoms with Gasteiger partial charge in [0.2, 0.25) is 0 Å². The molecule has 0 fully saturated rings. The Labute approximate surface area is 191 Å². The Morgan fingerprint density at radius 1 is 1.09 bits per heavy atom. The minimum absolute atomic E-state index is 0.0643. The third kappa shape index (κ3) is 7.52. The molecule has 0 bridgehead atoms. The van der Waals surface area contributed by atoms with Crippen molar-refractivity contribution in [2.75, 3.05) is 0 Å². The number of allylic oxidation sites excluding steroid dienone is 4. The van der Waals surface area contributed by atoms with Crippen molar-refractivity contribution in [2.24, 2.45) is 11.3 Å². The van der Waals surface area contributed by atoms with Crippen LogP contribution in [0.3, 0.4) is 0 Å². The fourth-order valence-corrected chi connectivity index (χ4v) is 3.75. The van der Waals surface area contributed by atoms with Crippen LogP contribution in [0.4, 0.5) is 0 Å². The lowest BCUT2D eigenvalue weighted by Crippen LogP contribution is -2.26. The number of para-hydroxylation sites is 1. The second-order valence-electron chi connectivity index (χ2n) is 8.71. The monoisotopic (exact) mass is 434 g/mol. The summed E-state index contributed by atoms with van der Waals surface area (Å²) in [5.41, 5.74) is 2.80. The summed E-state index contributed by atoms with van der Waals surface area (Å²) in [6, 6.07) is 15.7. The van der Waals surface area contributed by atoms with Gasteiger partial charge in [0.25, 0.3) is 0 Å². The molecule has 0 aliphatic heterocycles. The first-order valence-electron chi connectivity index (χ1n) is 11.1. The highest BCUT2D eigenvalue weighted by molar-refractivity contribution is 5.92. The van der Waals surface area contributed by atoms with Crippen molar-refractivity contribution >= 4 is 11.8 Å². The van der Waals surface area contributed by atoms with E-state index < -0.39 is 5.97 Å². The maximum Gasteiger partial charge on any atom is 0.342 e. The largest absolute Gasteiger partial charge is 0.507 e. The molecule has 170 valence electrons. The lowest BCUT2D eigenvalue weighted by atomic mass is 9.68. The van der Waals surface area contributed by atoms with Gasteiger partial charge >= 0.3 is 5.97 Å². The quantitative estimate of drug-likeness (QED) is 0.314. The highest BCUT2D eigenvalue weighted by Crippen LogP contribution is 2.41. The maximum absolute atomic E-state index is 11.7. The van der Waals surface area contributed by atoms with Gasteiger partial charge in [-0.2, -0.15) is 0 Å². The Morgan fingerprint density at radius 3 is 2.38 bits per heavy atom. The van der Waals surface area contributed by atoms with E-state index in [1.54, 1.807) is 18.2 Å². The Kier molecular flexibility index (Phi) is 9.45. The van der Waals surface area contributed by atoms with Gasteiger partial charge in [-0.05, 0) is 49.0 Å². The fourth-order valence-electron chi connectivity index (χ4n) is 3.75. The first-order valence-corrected chi connectivity index (χ1v) is 11.1. The molecule has 0 aromatic heterocycles. The molecule has 2 aromatic carbocycles. The molecule has 0 saturated heterocycles. The molecule has 0 radical (unpaired) electrons. The second kappa shape index (κ2) is 12.0. The number of ketones is 1. The van der Waals surface area contributed by atoms with Crippen LogP contribution in [0.25, 0.3) is 0 Å². The highest BCUT2D eigenvalue weighted by atomic mass is 16.5. The number of carbonyl (C=O) groups is 2. The number of phenolic OH excluding ortho intramolecular Hbond substituents is 1. The Balaban J connectivity index is 0.000000229. The minimum atomic E-state index is -0.521. The van der Waals surface area contributed by atoms with E-state index in [1.165, 1.54) is 30.5 Å². The number of aromatic hydroxyl groups is 1.